The molecule has 1 fully saturated rings. The minimum atomic E-state index is -1.89. The maximum Gasteiger partial charge on any atom is 0.335 e. The van der Waals surface area contributed by atoms with Crippen molar-refractivity contribution >= 4 is 5.97 Å². The predicted octanol–water partition coefficient (Wildman–Crippen LogP) is -1.05. The van der Waals surface area contributed by atoms with Crippen LogP contribution in [0.15, 0.2) is 0 Å². The molecule has 4 atom stereocenters. The van der Waals surface area contributed by atoms with Crippen molar-refractivity contribution in [2.24, 2.45) is 5.92 Å². The maximum atomic E-state index is 10.6. The topological polar surface area (TPSA) is 98.0 Å². The number of aliphatic carboxylic acids is 1. The fourth-order valence-corrected chi connectivity index (χ4v) is 1.76. The van der Waals surface area contributed by atoms with Gasteiger partial charge in [0.25, 0.3) is 0 Å². The Labute approximate surface area is 75.6 Å². The molecule has 0 radical (unpaired) electrons. The Kier molecular flexibility index (Phi) is 2.61. The second-order valence-electron chi connectivity index (χ2n) is 3.78. The molecule has 0 bridgehead atoms. The van der Waals surface area contributed by atoms with Crippen LogP contribution in [0.3, 0.4) is 0 Å². The van der Waals surface area contributed by atoms with E-state index in [0.29, 0.717) is 0 Å². The molecule has 13 heavy (non-hydrogen) atoms. The van der Waals surface area contributed by atoms with Crippen LogP contribution in [0.1, 0.15) is 19.8 Å². The van der Waals surface area contributed by atoms with Crippen LogP contribution in [0.2, 0.25) is 0 Å². The van der Waals surface area contributed by atoms with E-state index < -0.39 is 29.7 Å². The fourth-order valence-electron chi connectivity index (χ4n) is 1.76. The van der Waals surface area contributed by atoms with Gasteiger partial charge in [-0.3, -0.25) is 0 Å². The van der Waals surface area contributed by atoms with Crippen molar-refractivity contribution in [3.8, 4) is 0 Å². The van der Waals surface area contributed by atoms with E-state index in [4.69, 9.17) is 5.11 Å². The Balaban J connectivity index is 2.79. The summed E-state index contributed by atoms with van der Waals surface area (Å²) in [5.74, 6) is -1.75. The van der Waals surface area contributed by atoms with E-state index in [2.05, 4.69) is 0 Å². The Hall–Kier alpha value is -0.650. The molecule has 5 nitrogen and oxygen atoms in total. The van der Waals surface area contributed by atoms with E-state index in [-0.39, 0.29) is 12.8 Å². The monoisotopic (exact) mass is 190 g/mol. The van der Waals surface area contributed by atoms with Crippen molar-refractivity contribution in [1.29, 1.82) is 0 Å². The highest BCUT2D eigenvalue weighted by molar-refractivity contribution is 5.77. The zero-order valence-electron chi connectivity index (χ0n) is 7.34. The summed E-state index contributed by atoms with van der Waals surface area (Å²) in [6.45, 7) is 1.60. The van der Waals surface area contributed by atoms with Gasteiger partial charge >= 0.3 is 5.97 Å². The third-order valence-corrected chi connectivity index (χ3v) is 2.58. The van der Waals surface area contributed by atoms with E-state index in [0.717, 1.165) is 0 Å². The second-order valence-corrected chi connectivity index (χ2v) is 3.78. The lowest BCUT2D eigenvalue weighted by molar-refractivity contribution is -0.177. The molecule has 0 saturated heterocycles. The van der Waals surface area contributed by atoms with Crippen LogP contribution in [-0.4, -0.2) is 44.2 Å². The van der Waals surface area contributed by atoms with Gasteiger partial charge in [0.15, 0.2) is 5.60 Å². The van der Waals surface area contributed by atoms with Gasteiger partial charge in [0.1, 0.15) is 0 Å². The number of carboxylic acid groups (broad SMARTS) is 1. The lowest BCUT2D eigenvalue weighted by Gasteiger charge is -2.38. The maximum absolute atomic E-state index is 10.6. The molecule has 0 aliphatic heterocycles. The van der Waals surface area contributed by atoms with E-state index in [9.17, 15) is 20.1 Å². The molecule has 0 aromatic carbocycles. The summed E-state index contributed by atoms with van der Waals surface area (Å²) < 4.78 is 0. The third-order valence-electron chi connectivity index (χ3n) is 2.58. The zero-order chi connectivity index (χ0) is 10.2. The number of rotatable bonds is 1. The molecule has 0 aromatic rings. The molecular formula is C8H14O5. The smallest absolute Gasteiger partial charge is 0.335 e. The number of hydrogen-bond donors (Lipinski definition) is 4. The first kappa shape index (κ1) is 10.4. The first-order valence-electron chi connectivity index (χ1n) is 4.19. The highest BCUT2D eigenvalue weighted by atomic mass is 16.4. The lowest BCUT2D eigenvalue weighted by atomic mass is 9.75. The van der Waals surface area contributed by atoms with E-state index >= 15 is 0 Å². The van der Waals surface area contributed by atoms with Gasteiger partial charge in [0.05, 0.1) is 12.2 Å². The van der Waals surface area contributed by atoms with Gasteiger partial charge in [0.2, 0.25) is 0 Å². The first-order chi connectivity index (χ1) is 5.87. The normalized spacial score (nSPS) is 46.0. The Bertz CT molecular complexity index is 203. The minimum Gasteiger partial charge on any atom is -0.479 e. The molecule has 1 saturated carbocycles. The summed E-state index contributed by atoms with van der Waals surface area (Å²) in [6, 6.07) is 0. The molecule has 0 heterocycles. The van der Waals surface area contributed by atoms with Crippen molar-refractivity contribution in [3.63, 3.8) is 0 Å². The summed E-state index contributed by atoms with van der Waals surface area (Å²) in [6.07, 6.45) is -2.45. The number of aliphatic hydroxyl groups excluding tert-OH is 2. The molecule has 1 aliphatic rings. The molecule has 76 valence electrons. The SMILES string of the molecule is C[C@@H]1C[C@](O)(C(=O)O)C[C@@H](O)[C@H]1O. The molecule has 0 aromatic heterocycles. The van der Waals surface area contributed by atoms with Gasteiger partial charge in [-0.2, -0.15) is 0 Å². The molecule has 1 rings (SSSR count). The minimum absolute atomic E-state index is 0.0272. The largest absolute Gasteiger partial charge is 0.479 e. The van der Waals surface area contributed by atoms with Crippen molar-refractivity contribution in [2.45, 2.75) is 37.6 Å². The van der Waals surface area contributed by atoms with Crippen molar-refractivity contribution in [1.82, 2.24) is 0 Å². The summed E-state index contributed by atoms with van der Waals surface area (Å²) in [5.41, 5.74) is -1.89. The highest BCUT2D eigenvalue weighted by Crippen LogP contribution is 2.32. The summed E-state index contributed by atoms with van der Waals surface area (Å²) in [4.78, 5) is 10.6. The zero-order valence-corrected chi connectivity index (χ0v) is 7.34. The number of hydrogen-bond acceptors (Lipinski definition) is 4. The summed E-state index contributed by atoms with van der Waals surface area (Å²) >= 11 is 0. The average molecular weight is 190 g/mol. The molecule has 0 amide bonds. The van der Waals surface area contributed by atoms with Crippen molar-refractivity contribution in [3.05, 3.63) is 0 Å². The van der Waals surface area contributed by atoms with Crippen LogP contribution >= 0.6 is 0 Å². The fraction of sp³-hybridized carbons (Fsp3) is 0.875. The third kappa shape index (κ3) is 1.82. The Morgan fingerprint density at radius 3 is 2.31 bits per heavy atom. The Morgan fingerprint density at radius 2 is 1.92 bits per heavy atom. The van der Waals surface area contributed by atoms with Crippen LogP contribution in [0.5, 0.6) is 0 Å². The second kappa shape index (κ2) is 3.25. The predicted molar refractivity (Wildman–Crippen MR) is 43.0 cm³/mol. The van der Waals surface area contributed by atoms with Gasteiger partial charge in [-0.15, -0.1) is 0 Å². The van der Waals surface area contributed by atoms with Crippen LogP contribution in [0, 0.1) is 5.92 Å². The number of carboxylic acids is 1. The van der Waals surface area contributed by atoms with Gasteiger partial charge in [-0.05, 0) is 12.3 Å². The number of aliphatic hydroxyl groups is 3. The standard InChI is InChI=1S/C8H14O5/c1-4-2-8(13,7(11)12)3-5(9)6(4)10/h4-6,9-10,13H,2-3H2,1H3,(H,11,12)/t4-,5-,6+,8-/m1/s1. The lowest BCUT2D eigenvalue weighted by Crippen LogP contribution is -2.53. The molecule has 5 heteroatoms. The quantitative estimate of drug-likeness (QED) is 0.423. The highest BCUT2D eigenvalue weighted by Gasteiger charge is 2.47. The van der Waals surface area contributed by atoms with Crippen LogP contribution in [0.4, 0.5) is 0 Å². The average Bonchev–Trinajstić information content (AvgIpc) is 2.00. The molecule has 0 unspecified atom stereocenters. The molecular weight excluding hydrogens is 176 g/mol. The van der Waals surface area contributed by atoms with Gasteiger partial charge in [-0.25, -0.2) is 4.79 Å². The van der Waals surface area contributed by atoms with E-state index in [1.54, 1.807) is 6.92 Å². The van der Waals surface area contributed by atoms with Gasteiger partial charge < -0.3 is 20.4 Å². The molecule has 4 N–H and O–H groups in total. The number of carbonyl (C=O) groups is 1. The molecule has 1 aliphatic carbocycles. The van der Waals surface area contributed by atoms with Crippen LogP contribution in [0.25, 0.3) is 0 Å². The summed E-state index contributed by atoms with van der Waals surface area (Å²) in [5, 5.41) is 36.8. The van der Waals surface area contributed by atoms with Crippen LogP contribution < -0.4 is 0 Å². The first-order valence-corrected chi connectivity index (χ1v) is 4.19. The van der Waals surface area contributed by atoms with E-state index in [1.165, 1.54) is 0 Å². The van der Waals surface area contributed by atoms with Gasteiger partial charge in [0, 0.05) is 6.42 Å². The van der Waals surface area contributed by atoms with Crippen LogP contribution in [-0.2, 0) is 4.79 Å². The molecule has 0 spiro atoms. The Morgan fingerprint density at radius 1 is 1.38 bits per heavy atom. The van der Waals surface area contributed by atoms with Crippen molar-refractivity contribution < 1.29 is 25.2 Å². The van der Waals surface area contributed by atoms with Crippen molar-refractivity contribution in [2.75, 3.05) is 0 Å². The summed E-state index contributed by atoms with van der Waals surface area (Å²) in [7, 11) is 0. The van der Waals surface area contributed by atoms with E-state index in [1.807, 2.05) is 0 Å². The van der Waals surface area contributed by atoms with Gasteiger partial charge in [-0.1, -0.05) is 6.92 Å².